The molecular formula is C12H11F2N3O3. The van der Waals surface area contributed by atoms with Crippen LogP contribution in [0.25, 0.3) is 0 Å². The molecule has 0 heterocycles. The number of alkyl halides is 2. The molecule has 0 spiro atoms. The van der Waals surface area contributed by atoms with Gasteiger partial charge in [0, 0.05) is 0 Å². The van der Waals surface area contributed by atoms with E-state index in [0.29, 0.717) is 5.56 Å². The maximum Gasteiger partial charge on any atom is 0.304 e. The van der Waals surface area contributed by atoms with Gasteiger partial charge in [-0.3, -0.25) is 0 Å². The number of hydrogen-bond acceptors (Lipinski definition) is 4. The van der Waals surface area contributed by atoms with Gasteiger partial charge in [-0.2, -0.15) is 5.26 Å². The molecule has 1 aliphatic rings. The fraction of sp³-hybridized carbons (Fsp3) is 0.417. The van der Waals surface area contributed by atoms with E-state index in [-0.39, 0.29) is 23.4 Å². The summed E-state index contributed by atoms with van der Waals surface area (Å²) in [6.07, 6.45) is 1.08. The van der Waals surface area contributed by atoms with Gasteiger partial charge in [-0.1, -0.05) is 24.3 Å². The van der Waals surface area contributed by atoms with Crippen LogP contribution in [0.5, 0.6) is 0 Å². The Labute approximate surface area is 113 Å². The first-order valence-corrected chi connectivity index (χ1v) is 5.82. The Morgan fingerprint density at radius 2 is 2.20 bits per heavy atom. The van der Waals surface area contributed by atoms with Gasteiger partial charge in [0.25, 0.3) is 0 Å². The number of benzene rings is 1. The molecule has 0 saturated carbocycles. The van der Waals surface area contributed by atoms with Crippen LogP contribution in [-0.4, -0.2) is 27.7 Å². The molecule has 0 unspecified atom stereocenters. The van der Waals surface area contributed by atoms with Crippen molar-refractivity contribution in [2.24, 2.45) is 0 Å². The molecule has 1 N–H and O–H groups in total. The second-order valence-electron chi connectivity index (χ2n) is 4.53. The summed E-state index contributed by atoms with van der Waals surface area (Å²) in [4.78, 5) is 11.0. The third-order valence-corrected chi connectivity index (χ3v) is 3.64. The van der Waals surface area contributed by atoms with Crippen LogP contribution in [-0.2, 0) is 12.0 Å². The minimum absolute atomic E-state index is 0.0114. The lowest BCUT2D eigenvalue weighted by atomic mass is 9.84. The van der Waals surface area contributed by atoms with Crippen molar-refractivity contribution in [1.82, 2.24) is 5.01 Å². The molecule has 6 nitrogen and oxygen atoms in total. The highest BCUT2D eigenvalue weighted by atomic mass is 19.3. The molecule has 8 heteroatoms. The number of hydrogen-bond donors (Lipinski definition) is 1. The molecule has 0 bridgehead atoms. The molecule has 0 aromatic heterocycles. The highest BCUT2D eigenvalue weighted by molar-refractivity contribution is 5.41. The molecule has 1 atom stereocenters. The lowest BCUT2D eigenvalue weighted by Gasteiger charge is -2.36. The number of aryl methyl sites for hydroxylation is 1. The van der Waals surface area contributed by atoms with Gasteiger partial charge in [-0.25, -0.2) is 18.9 Å². The van der Waals surface area contributed by atoms with Crippen LogP contribution in [0.2, 0.25) is 0 Å². The molecule has 0 aliphatic heterocycles. The smallest absolute Gasteiger partial charge is 0.304 e. The fourth-order valence-corrected chi connectivity index (χ4v) is 2.74. The number of aliphatic hydroxyl groups is 1. The van der Waals surface area contributed by atoms with Crippen molar-refractivity contribution in [3.63, 3.8) is 0 Å². The van der Waals surface area contributed by atoms with Gasteiger partial charge >= 0.3 is 5.92 Å². The van der Waals surface area contributed by atoms with Crippen LogP contribution in [0, 0.1) is 21.6 Å². The van der Waals surface area contributed by atoms with Crippen molar-refractivity contribution in [1.29, 1.82) is 5.26 Å². The molecule has 1 aromatic rings. The van der Waals surface area contributed by atoms with E-state index in [1.54, 1.807) is 12.1 Å². The molecule has 106 valence electrons. The number of nitrogens with zero attached hydrogens (tertiary/aromatic N) is 3. The van der Waals surface area contributed by atoms with Gasteiger partial charge in [-0.15, -0.1) is 0 Å². The van der Waals surface area contributed by atoms with Gasteiger partial charge in [-0.05, 0) is 29.0 Å². The number of hydrazine groups is 1. The Hall–Kier alpha value is -2.27. The van der Waals surface area contributed by atoms with Crippen LogP contribution in [0.3, 0.4) is 0 Å². The van der Waals surface area contributed by atoms with Crippen LogP contribution >= 0.6 is 0 Å². The van der Waals surface area contributed by atoms with E-state index >= 15 is 0 Å². The van der Waals surface area contributed by atoms with E-state index in [4.69, 9.17) is 10.4 Å². The number of nitriles is 1. The van der Waals surface area contributed by atoms with Gasteiger partial charge < -0.3 is 5.11 Å². The molecule has 0 radical (unpaired) electrons. The quantitative estimate of drug-likeness (QED) is 0.390. The summed E-state index contributed by atoms with van der Waals surface area (Å²) in [5.74, 6) is -3.82. The average Bonchev–Trinajstić information content (AvgIpc) is 2.81. The highest BCUT2D eigenvalue weighted by Crippen LogP contribution is 2.51. The van der Waals surface area contributed by atoms with Crippen molar-refractivity contribution < 1.29 is 18.9 Å². The van der Waals surface area contributed by atoms with Crippen LogP contribution < -0.4 is 0 Å². The largest absolute Gasteiger partial charge is 0.390 e. The number of fused-ring (bicyclic) bond motifs is 1. The highest BCUT2D eigenvalue weighted by Gasteiger charge is 2.66. The summed E-state index contributed by atoms with van der Waals surface area (Å²) in [6, 6.07) is 6.02. The average molecular weight is 283 g/mol. The lowest BCUT2D eigenvalue weighted by molar-refractivity contribution is -0.665. The first-order chi connectivity index (χ1) is 9.40. The van der Waals surface area contributed by atoms with E-state index in [2.05, 4.69) is 0 Å². The topological polar surface area (TPSA) is 90.4 Å². The predicted molar refractivity (Wildman–Crippen MR) is 62.9 cm³/mol. The maximum absolute atomic E-state index is 14.2. The van der Waals surface area contributed by atoms with Crippen LogP contribution in [0.15, 0.2) is 24.3 Å². The maximum atomic E-state index is 14.2. The van der Waals surface area contributed by atoms with Crippen molar-refractivity contribution in [2.45, 2.75) is 24.3 Å². The second kappa shape index (κ2) is 4.68. The van der Waals surface area contributed by atoms with Crippen LogP contribution in [0.1, 0.15) is 17.5 Å². The van der Waals surface area contributed by atoms with Gasteiger partial charge in [0.2, 0.25) is 11.7 Å². The first-order valence-electron chi connectivity index (χ1n) is 5.82. The molecule has 0 amide bonds. The standard InChI is InChI=1S/C12H11F2N3O3/c13-12(14,7-18)11(16(8-15)17(19)20)6-5-9-3-1-2-4-10(9)11/h1-4,18H,5-7H2/t11-/m1/s1. The van der Waals surface area contributed by atoms with Gasteiger partial charge in [0.05, 0.1) is 0 Å². The summed E-state index contributed by atoms with van der Waals surface area (Å²) in [7, 11) is 0. The number of rotatable bonds is 4. The summed E-state index contributed by atoms with van der Waals surface area (Å²) < 4.78 is 28.5. The lowest BCUT2D eigenvalue weighted by Crippen LogP contribution is -2.58. The third-order valence-electron chi connectivity index (χ3n) is 3.64. The Morgan fingerprint density at radius 1 is 1.55 bits per heavy atom. The number of aliphatic hydroxyl groups excluding tert-OH is 1. The van der Waals surface area contributed by atoms with Crippen molar-refractivity contribution in [3.05, 3.63) is 45.5 Å². The molecule has 2 rings (SSSR count). The summed E-state index contributed by atoms with van der Waals surface area (Å²) in [5, 5.41) is 27.6. The predicted octanol–water partition coefficient (Wildman–Crippen LogP) is 1.43. The molecule has 1 aliphatic carbocycles. The minimum atomic E-state index is -3.82. The van der Waals surface area contributed by atoms with Crippen LogP contribution in [0.4, 0.5) is 8.78 Å². The third kappa shape index (κ3) is 1.71. The molecular weight excluding hydrogens is 272 g/mol. The zero-order valence-electron chi connectivity index (χ0n) is 10.3. The first kappa shape index (κ1) is 14.1. The number of nitro groups is 1. The van der Waals surface area contributed by atoms with Crippen molar-refractivity contribution in [3.8, 4) is 6.19 Å². The number of halogens is 2. The minimum Gasteiger partial charge on any atom is -0.390 e. The zero-order chi connectivity index (χ0) is 15.0. The molecule has 0 saturated heterocycles. The Bertz CT molecular complexity index is 588. The Morgan fingerprint density at radius 3 is 2.75 bits per heavy atom. The van der Waals surface area contributed by atoms with E-state index in [1.165, 1.54) is 18.3 Å². The van der Waals surface area contributed by atoms with Gasteiger partial charge in [0.15, 0.2) is 5.03 Å². The van der Waals surface area contributed by atoms with E-state index < -0.39 is 23.1 Å². The molecule has 1 aromatic carbocycles. The van der Waals surface area contributed by atoms with Crippen molar-refractivity contribution >= 4 is 0 Å². The molecule has 20 heavy (non-hydrogen) atoms. The van der Waals surface area contributed by atoms with Gasteiger partial charge in [0.1, 0.15) is 6.61 Å². The van der Waals surface area contributed by atoms with E-state index in [1.807, 2.05) is 0 Å². The summed E-state index contributed by atoms with van der Waals surface area (Å²) >= 11 is 0. The van der Waals surface area contributed by atoms with Crippen molar-refractivity contribution in [2.75, 3.05) is 6.61 Å². The second-order valence-corrected chi connectivity index (χ2v) is 4.53. The van der Waals surface area contributed by atoms with E-state index in [0.717, 1.165) is 0 Å². The SMILES string of the molecule is N#CN([N+](=O)[O-])[C@]1(C(F)(F)CO)CCc2ccccc21. The zero-order valence-corrected chi connectivity index (χ0v) is 10.3. The Balaban J connectivity index is 2.72. The Kier molecular flexibility index (Phi) is 3.31. The summed E-state index contributed by atoms with van der Waals surface area (Å²) in [5.41, 5.74) is -1.92. The monoisotopic (exact) mass is 283 g/mol. The summed E-state index contributed by atoms with van der Waals surface area (Å²) in [6.45, 7) is -1.58. The normalized spacial score (nSPS) is 21.1. The van der Waals surface area contributed by atoms with E-state index in [9.17, 15) is 18.9 Å². The fourth-order valence-electron chi connectivity index (χ4n) is 2.74. The molecule has 0 fully saturated rings.